The van der Waals surface area contributed by atoms with Gasteiger partial charge < -0.3 is 26.0 Å². The molecular formula is C11H17N5O4. The molecule has 1 aliphatic rings. The van der Waals surface area contributed by atoms with E-state index in [4.69, 9.17) is 5.73 Å². The van der Waals surface area contributed by atoms with Crippen LogP contribution in [0.4, 0.5) is 5.95 Å². The van der Waals surface area contributed by atoms with Crippen LogP contribution in [0, 0.1) is 11.3 Å². The average Bonchev–Trinajstić information content (AvgIpc) is 2.95. The van der Waals surface area contributed by atoms with E-state index in [1.807, 2.05) is 0 Å². The van der Waals surface area contributed by atoms with E-state index in [1.165, 1.54) is 6.33 Å². The Balaban J connectivity index is 0.00000147. The van der Waals surface area contributed by atoms with Crippen LogP contribution in [-0.4, -0.2) is 48.4 Å². The van der Waals surface area contributed by atoms with Gasteiger partial charge >= 0.3 is 0 Å². The fourth-order valence-corrected chi connectivity index (χ4v) is 2.55. The summed E-state index contributed by atoms with van der Waals surface area (Å²) in [6, 6.07) is 0. The SMILES string of the molecule is Nc1nc2c(ncn2C[C@]2(CO)C[C@H]2CO)c(=O)[nH]1.O. The molecule has 0 saturated heterocycles. The molecule has 0 unspecified atom stereocenters. The number of fused-ring (bicyclic) bond motifs is 1. The van der Waals surface area contributed by atoms with Crippen molar-refractivity contribution in [1.29, 1.82) is 0 Å². The van der Waals surface area contributed by atoms with Gasteiger partial charge in [0.1, 0.15) is 0 Å². The first-order chi connectivity index (χ1) is 9.09. The second kappa shape index (κ2) is 4.85. The molecule has 3 rings (SSSR count). The maximum Gasteiger partial charge on any atom is 0.280 e. The Kier molecular flexibility index (Phi) is 3.50. The number of nitrogen functional groups attached to an aromatic ring is 1. The third-order valence-corrected chi connectivity index (χ3v) is 3.87. The lowest BCUT2D eigenvalue weighted by atomic mass is 10.1. The van der Waals surface area contributed by atoms with Crippen LogP contribution in [0.3, 0.4) is 0 Å². The topological polar surface area (TPSA) is 162 Å². The number of hydrogen-bond acceptors (Lipinski definition) is 6. The van der Waals surface area contributed by atoms with Crippen LogP contribution < -0.4 is 11.3 Å². The van der Waals surface area contributed by atoms with Crippen molar-refractivity contribution in [3.05, 3.63) is 16.7 Å². The van der Waals surface area contributed by atoms with Crippen LogP contribution in [0.15, 0.2) is 11.1 Å². The van der Waals surface area contributed by atoms with Crippen molar-refractivity contribution in [3.63, 3.8) is 0 Å². The second-order valence-corrected chi connectivity index (χ2v) is 5.10. The predicted molar refractivity (Wildman–Crippen MR) is 70.9 cm³/mol. The zero-order valence-electron chi connectivity index (χ0n) is 10.7. The fraction of sp³-hybridized carbons (Fsp3) is 0.545. The van der Waals surface area contributed by atoms with Crippen molar-refractivity contribution in [2.45, 2.75) is 13.0 Å². The van der Waals surface area contributed by atoms with E-state index in [0.29, 0.717) is 12.2 Å². The van der Waals surface area contributed by atoms with Crippen LogP contribution >= 0.6 is 0 Å². The molecule has 0 radical (unpaired) electrons. The van der Waals surface area contributed by atoms with E-state index in [0.717, 1.165) is 6.42 Å². The molecular weight excluding hydrogens is 266 g/mol. The molecule has 0 spiro atoms. The lowest BCUT2D eigenvalue weighted by Gasteiger charge is -2.14. The third kappa shape index (κ3) is 2.05. The molecule has 2 aromatic heterocycles. The average molecular weight is 283 g/mol. The molecule has 0 aromatic carbocycles. The molecule has 1 aliphatic carbocycles. The van der Waals surface area contributed by atoms with E-state index in [2.05, 4.69) is 15.0 Å². The molecule has 2 heterocycles. The summed E-state index contributed by atoms with van der Waals surface area (Å²) in [5.41, 5.74) is 5.42. The summed E-state index contributed by atoms with van der Waals surface area (Å²) >= 11 is 0. The molecule has 2 aromatic rings. The first-order valence-corrected chi connectivity index (χ1v) is 6.02. The highest BCUT2D eigenvalue weighted by atomic mass is 16.3. The summed E-state index contributed by atoms with van der Waals surface area (Å²) in [4.78, 5) is 22.1. The minimum atomic E-state index is -0.381. The number of rotatable bonds is 4. The smallest absolute Gasteiger partial charge is 0.280 e. The van der Waals surface area contributed by atoms with Crippen LogP contribution in [0.25, 0.3) is 11.2 Å². The quantitative estimate of drug-likeness (QED) is 0.501. The highest BCUT2D eigenvalue weighted by Gasteiger charge is 2.53. The number of nitrogens with zero attached hydrogens (tertiary/aromatic N) is 3. The number of hydrogen-bond donors (Lipinski definition) is 4. The molecule has 0 bridgehead atoms. The van der Waals surface area contributed by atoms with Gasteiger partial charge in [0, 0.05) is 18.6 Å². The van der Waals surface area contributed by atoms with Crippen molar-refractivity contribution < 1.29 is 15.7 Å². The van der Waals surface area contributed by atoms with Crippen LogP contribution in [-0.2, 0) is 6.54 Å². The lowest BCUT2D eigenvalue weighted by molar-refractivity contribution is 0.158. The maximum atomic E-state index is 11.6. The number of aromatic amines is 1. The van der Waals surface area contributed by atoms with Crippen LogP contribution in [0.1, 0.15) is 6.42 Å². The Bertz CT molecular complexity index is 681. The number of nitrogens with one attached hydrogen (secondary N) is 1. The molecule has 110 valence electrons. The van der Waals surface area contributed by atoms with Gasteiger partial charge in [-0.25, -0.2) is 4.98 Å². The summed E-state index contributed by atoms with van der Waals surface area (Å²) < 4.78 is 1.70. The molecule has 9 heteroatoms. The normalized spacial score (nSPS) is 24.6. The summed E-state index contributed by atoms with van der Waals surface area (Å²) in [7, 11) is 0. The first-order valence-electron chi connectivity index (χ1n) is 6.02. The van der Waals surface area contributed by atoms with Gasteiger partial charge in [-0.15, -0.1) is 0 Å². The number of imidazole rings is 1. The van der Waals surface area contributed by atoms with Crippen molar-refractivity contribution in [1.82, 2.24) is 19.5 Å². The van der Waals surface area contributed by atoms with E-state index in [9.17, 15) is 15.0 Å². The highest BCUT2D eigenvalue weighted by molar-refractivity contribution is 5.70. The van der Waals surface area contributed by atoms with Crippen molar-refractivity contribution in [3.8, 4) is 0 Å². The van der Waals surface area contributed by atoms with Crippen LogP contribution in [0.2, 0.25) is 0 Å². The Morgan fingerprint density at radius 2 is 2.30 bits per heavy atom. The molecule has 2 atom stereocenters. The minimum absolute atomic E-state index is 0. The monoisotopic (exact) mass is 283 g/mol. The maximum absolute atomic E-state index is 11.6. The number of H-pyrrole nitrogens is 1. The standard InChI is InChI=1S/C11H15N5O3.H2O/c12-10-14-8-7(9(19)15-10)13-5-16(8)3-11(4-18)1-6(11)2-17;/h5-6,17-18H,1-4H2,(H3,12,14,15,19);1H2/t6-,11-;/m0./s1. The first kappa shape index (κ1) is 14.4. The summed E-state index contributed by atoms with van der Waals surface area (Å²) in [5.74, 6) is 0.112. The van der Waals surface area contributed by atoms with Crippen molar-refractivity contribution in [2.75, 3.05) is 18.9 Å². The molecule has 0 aliphatic heterocycles. The van der Waals surface area contributed by atoms with E-state index >= 15 is 0 Å². The fourth-order valence-electron chi connectivity index (χ4n) is 2.55. The summed E-state index contributed by atoms with van der Waals surface area (Å²) in [6.45, 7) is 0.487. The zero-order chi connectivity index (χ0) is 13.6. The van der Waals surface area contributed by atoms with Gasteiger partial charge in [-0.1, -0.05) is 0 Å². The number of aliphatic hydroxyl groups excluding tert-OH is 2. The zero-order valence-corrected chi connectivity index (χ0v) is 10.7. The molecule has 9 nitrogen and oxygen atoms in total. The molecule has 1 saturated carbocycles. The Morgan fingerprint density at radius 1 is 1.55 bits per heavy atom. The molecule has 1 fully saturated rings. The molecule has 20 heavy (non-hydrogen) atoms. The van der Waals surface area contributed by atoms with E-state index in [-0.39, 0.29) is 47.0 Å². The summed E-state index contributed by atoms with van der Waals surface area (Å²) in [5, 5.41) is 18.7. The summed E-state index contributed by atoms with van der Waals surface area (Å²) in [6.07, 6.45) is 2.26. The van der Waals surface area contributed by atoms with E-state index < -0.39 is 0 Å². The number of aromatic nitrogens is 4. The Morgan fingerprint density at radius 3 is 2.90 bits per heavy atom. The van der Waals surface area contributed by atoms with Crippen molar-refractivity contribution >= 4 is 17.1 Å². The number of aliphatic hydroxyl groups is 2. The largest absolute Gasteiger partial charge is 0.412 e. The number of anilines is 1. The highest BCUT2D eigenvalue weighted by Crippen LogP contribution is 2.53. The molecule has 0 amide bonds. The predicted octanol–water partition coefficient (Wildman–Crippen LogP) is -2.13. The molecule has 7 N–H and O–H groups in total. The van der Waals surface area contributed by atoms with Gasteiger partial charge in [0.15, 0.2) is 11.2 Å². The van der Waals surface area contributed by atoms with Gasteiger partial charge in [-0.3, -0.25) is 9.78 Å². The Labute approximate surface area is 113 Å². The Hall–Kier alpha value is -1.97. The van der Waals surface area contributed by atoms with E-state index in [1.54, 1.807) is 4.57 Å². The van der Waals surface area contributed by atoms with Gasteiger partial charge in [0.2, 0.25) is 5.95 Å². The van der Waals surface area contributed by atoms with Gasteiger partial charge in [0.25, 0.3) is 5.56 Å². The van der Waals surface area contributed by atoms with Crippen LogP contribution in [0.5, 0.6) is 0 Å². The minimum Gasteiger partial charge on any atom is -0.412 e. The number of nitrogens with two attached hydrogens (primary N) is 1. The van der Waals surface area contributed by atoms with Gasteiger partial charge in [-0.2, -0.15) is 4.98 Å². The second-order valence-electron chi connectivity index (χ2n) is 5.10. The van der Waals surface area contributed by atoms with Gasteiger partial charge in [0.05, 0.1) is 12.9 Å². The van der Waals surface area contributed by atoms with Gasteiger partial charge in [-0.05, 0) is 12.3 Å². The van der Waals surface area contributed by atoms with Crippen molar-refractivity contribution in [2.24, 2.45) is 11.3 Å². The lowest BCUT2D eigenvalue weighted by Crippen LogP contribution is -2.20. The third-order valence-electron chi connectivity index (χ3n) is 3.87.